The fourth-order valence-electron chi connectivity index (χ4n) is 1.77. The third-order valence-electron chi connectivity index (χ3n) is 2.74. The maximum Gasteiger partial charge on any atom is 0.175 e. The predicted octanol–water partition coefficient (Wildman–Crippen LogP) is 3.54. The van der Waals surface area contributed by atoms with Gasteiger partial charge in [-0.2, -0.15) is 0 Å². The van der Waals surface area contributed by atoms with E-state index in [4.69, 9.17) is 4.52 Å². The summed E-state index contributed by atoms with van der Waals surface area (Å²) < 4.78 is 31.0. The summed E-state index contributed by atoms with van der Waals surface area (Å²) in [7, 11) is 0. The van der Waals surface area contributed by atoms with E-state index >= 15 is 0 Å². The lowest BCUT2D eigenvalue weighted by molar-refractivity contribution is 0.400. The highest BCUT2D eigenvalue weighted by atomic mass is 19.2. The van der Waals surface area contributed by atoms with Crippen LogP contribution in [-0.4, -0.2) is 15.1 Å². The summed E-state index contributed by atoms with van der Waals surface area (Å²) in [6, 6.07) is 6.81. The van der Waals surface area contributed by atoms with Crippen molar-refractivity contribution in [2.45, 2.75) is 6.92 Å². The van der Waals surface area contributed by atoms with E-state index in [2.05, 4.69) is 25.8 Å². The van der Waals surface area contributed by atoms with Crippen LogP contribution >= 0.6 is 0 Å². The van der Waals surface area contributed by atoms with Gasteiger partial charge in [0.1, 0.15) is 23.7 Å². The molecule has 0 atom stereocenters. The summed E-state index contributed by atoms with van der Waals surface area (Å²) in [5.41, 5.74) is 0.376. The number of benzene rings is 1. The highest BCUT2D eigenvalue weighted by Gasteiger charge is 2.06. The van der Waals surface area contributed by atoms with E-state index in [1.807, 2.05) is 0 Å². The fraction of sp³-hybridized carbons (Fsp3) is 0.0714. The first kappa shape index (κ1) is 13.9. The molecule has 3 aromatic rings. The molecule has 0 bridgehead atoms. The van der Waals surface area contributed by atoms with Gasteiger partial charge in [-0.25, -0.2) is 18.7 Å². The van der Waals surface area contributed by atoms with Crippen LogP contribution in [0, 0.1) is 18.6 Å². The molecule has 0 radical (unpaired) electrons. The Morgan fingerprint density at radius 1 is 0.909 bits per heavy atom. The Bertz CT molecular complexity index is 805. The van der Waals surface area contributed by atoms with E-state index in [-0.39, 0.29) is 0 Å². The lowest BCUT2D eigenvalue weighted by atomic mass is 10.3. The van der Waals surface area contributed by atoms with Crippen molar-refractivity contribution in [2.24, 2.45) is 0 Å². The first-order valence-electron chi connectivity index (χ1n) is 6.34. The van der Waals surface area contributed by atoms with Gasteiger partial charge in [-0.05, 0) is 19.1 Å². The number of hydrogen-bond acceptors (Lipinski definition) is 6. The molecule has 8 heteroatoms. The van der Waals surface area contributed by atoms with Crippen LogP contribution in [0.3, 0.4) is 0 Å². The maximum atomic E-state index is 13.2. The number of hydrogen-bond donors (Lipinski definition) is 2. The Balaban J connectivity index is 1.77. The van der Waals surface area contributed by atoms with Crippen molar-refractivity contribution in [2.75, 3.05) is 10.6 Å². The predicted molar refractivity (Wildman–Crippen MR) is 76.2 cm³/mol. The molecule has 22 heavy (non-hydrogen) atoms. The number of aryl methyl sites for hydroxylation is 1. The molecule has 2 aromatic heterocycles. The second-order valence-corrected chi connectivity index (χ2v) is 4.49. The van der Waals surface area contributed by atoms with Crippen LogP contribution in [0.1, 0.15) is 5.76 Å². The van der Waals surface area contributed by atoms with Crippen LogP contribution in [0.15, 0.2) is 41.2 Å². The van der Waals surface area contributed by atoms with Crippen molar-refractivity contribution in [3.05, 3.63) is 54.1 Å². The second-order valence-electron chi connectivity index (χ2n) is 4.49. The molecule has 0 saturated heterocycles. The van der Waals surface area contributed by atoms with Gasteiger partial charge in [0.25, 0.3) is 0 Å². The monoisotopic (exact) mass is 303 g/mol. The van der Waals surface area contributed by atoms with Crippen molar-refractivity contribution in [1.29, 1.82) is 0 Å². The van der Waals surface area contributed by atoms with Crippen molar-refractivity contribution in [1.82, 2.24) is 15.1 Å². The van der Waals surface area contributed by atoms with Crippen LogP contribution < -0.4 is 10.6 Å². The average Bonchev–Trinajstić information content (AvgIpc) is 2.89. The van der Waals surface area contributed by atoms with Gasteiger partial charge in [-0.3, -0.25) is 0 Å². The Hall–Kier alpha value is -3.03. The molecule has 0 spiro atoms. The SMILES string of the molecule is Cc1cc(Nc2cc(Nc3ccc(F)c(F)c3)ncn2)no1. The molecule has 2 heterocycles. The minimum atomic E-state index is -0.935. The average molecular weight is 303 g/mol. The molecular weight excluding hydrogens is 292 g/mol. The van der Waals surface area contributed by atoms with E-state index in [1.54, 1.807) is 19.1 Å². The summed E-state index contributed by atoms with van der Waals surface area (Å²) >= 11 is 0. The molecule has 0 aliphatic rings. The molecule has 2 N–H and O–H groups in total. The highest BCUT2D eigenvalue weighted by molar-refractivity contribution is 5.61. The smallest absolute Gasteiger partial charge is 0.175 e. The number of anilines is 4. The topological polar surface area (TPSA) is 75.9 Å². The summed E-state index contributed by atoms with van der Waals surface area (Å²) in [5.74, 6) is 0.233. The zero-order chi connectivity index (χ0) is 15.5. The molecule has 0 fully saturated rings. The number of nitrogens with zero attached hydrogens (tertiary/aromatic N) is 3. The minimum absolute atomic E-state index is 0.376. The van der Waals surface area contributed by atoms with Crippen LogP contribution in [0.2, 0.25) is 0 Å². The Morgan fingerprint density at radius 2 is 1.68 bits per heavy atom. The molecule has 1 aromatic carbocycles. The minimum Gasteiger partial charge on any atom is -0.360 e. The fourth-order valence-corrected chi connectivity index (χ4v) is 1.77. The van der Waals surface area contributed by atoms with Gasteiger partial charge in [0.2, 0.25) is 0 Å². The number of rotatable bonds is 4. The van der Waals surface area contributed by atoms with Gasteiger partial charge in [0.15, 0.2) is 17.5 Å². The molecule has 112 valence electrons. The molecule has 3 rings (SSSR count). The molecule has 0 aliphatic carbocycles. The first-order valence-corrected chi connectivity index (χ1v) is 6.34. The van der Waals surface area contributed by atoms with Gasteiger partial charge in [0.05, 0.1) is 0 Å². The summed E-state index contributed by atoms with van der Waals surface area (Å²) in [5, 5.41) is 9.59. The third kappa shape index (κ3) is 3.17. The third-order valence-corrected chi connectivity index (χ3v) is 2.74. The van der Waals surface area contributed by atoms with E-state index < -0.39 is 11.6 Å². The maximum absolute atomic E-state index is 13.2. The standard InChI is InChI=1S/C14H11F2N5O/c1-8-4-14(21-22-8)20-13-6-12(17-7-18-13)19-9-2-3-10(15)11(16)5-9/h2-7H,1H3,(H2,17,18,19,20,21). The van der Waals surface area contributed by atoms with Crippen LogP contribution in [0.4, 0.5) is 31.9 Å². The number of aromatic nitrogens is 3. The Kier molecular flexibility index (Phi) is 3.65. The molecular formula is C14H11F2N5O. The molecule has 0 aliphatic heterocycles. The normalized spacial score (nSPS) is 10.5. The number of halogens is 2. The van der Waals surface area contributed by atoms with E-state index in [1.165, 1.54) is 12.4 Å². The quantitative estimate of drug-likeness (QED) is 0.768. The van der Waals surface area contributed by atoms with Crippen LogP contribution in [0.5, 0.6) is 0 Å². The Labute approximate surface area is 124 Å². The van der Waals surface area contributed by atoms with Gasteiger partial charge < -0.3 is 15.2 Å². The van der Waals surface area contributed by atoms with Crippen molar-refractivity contribution < 1.29 is 13.3 Å². The van der Waals surface area contributed by atoms with Crippen LogP contribution in [-0.2, 0) is 0 Å². The second kappa shape index (κ2) is 5.76. The zero-order valence-electron chi connectivity index (χ0n) is 11.5. The zero-order valence-corrected chi connectivity index (χ0v) is 11.5. The Morgan fingerprint density at radius 3 is 2.36 bits per heavy atom. The van der Waals surface area contributed by atoms with Crippen LogP contribution in [0.25, 0.3) is 0 Å². The molecule has 0 amide bonds. The van der Waals surface area contributed by atoms with Crippen molar-refractivity contribution >= 4 is 23.1 Å². The van der Waals surface area contributed by atoms with E-state index in [0.29, 0.717) is 28.9 Å². The highest BCUT2D eigenvalue weighted by Crippen LogP contribution is 2.20. The van der Waals surface area contributed by atoms with Gasteiger partial charge >= 0.3 is 0 Å². The molecule has 0 saturated carbocycles. The van der Waals surface area contributed by atoms with E-state index in [0.717, 1.165) is 12.1 Å². The van der Waals surface area contributed by atoms with E-state index in [9.17, 15) is 8.78 Å². The first-order chi connectivity index (χ1) is 10.6. The van der Waals surface area contributed by atoms with Gasteiger partial charge in [0, 0.05) is 23.9 Å². The summed E-state index contributed by atoms with van der Waals surface area (Å²) in [6.45, 7) is 1.77. The van der Waals surface area contributed by atoms with Gasteiger partial charge in [-0.1, -0.05) is 5.16 Å². The van der Waals surface area contributed by atoms with Gasteiger partial charge in [-0.15, -0.1) is 0 Å². The van der Waals surface area contributed by atoms with Crippen molar-refractivity contribution in [3.8, 4) is 0 Å². The lowest BCUT2D eigenvalue weighted by Gasteiger charge is -2.07. The van der Waals surface area contributed by atoms with Crippen molar-refractivity contribution in [3.63, 3.8) is 0 Å². The summed E-state index contributed by atoms with van der Waals surface area (Å²) in [4.78, 5) is 8.05. The summed E-state index contributed by atoms with van der Waals surface area (Å²) in [6.07, 6.45) is 1.33. The molecule has 0 unspecified atom stereocenters. The lowest BCUT2D eigenvalue weighted by Crippen LogP contribution is -1.99. The largest absolute Gasteiger partial charge is 0.360 e. The molecule has 6 nitrogen and oxygen atoms in total. The number of nitrogens with one attached hydrogen (secondary N) is 2.